The minimum atomic E-state index is -0.105. The number of piperidine rings is 1. The van der Waals surface area contributed by atoms with Crippen LogP contribution in [0, 0.1) is 0 Å². The summed E-state index contributed by atoms with van der Waals surface area (Å²) in [5.74, 6) is 1.64. The minimum absolute atomic E-state index is 0. The van der Waals surface area contributed by atoms with Gasteiger partial charge in [0.05, 0.1) is 18.9 Å². The molecule has 2 aliphatic heterocycles. The van der Waals surface area contributed by atoms with Crippen molar-refractivity contribution in [3.63, 3.8) is 0 Å². The van der Waals surface area contributed by atoms with Crippen molar-refractivity contribution in [1.82, 2.24) is 4.90 Å². The molecule has 5 nitrogen and oxygen atoms in total. The van der Waals surface area contributed by atoms with E-state index in [1.165, 1.54) is 25.8 Å². The van der Waals surface area contributed by atoms with E-state index in [9.17, 15) is 0 Å². The van der Waals surface area contributed by atoms with E-state index in [-0.39, 0.29) is 18.0 Å². The first-order valence-corrected chi connectivity index (χ1v) is 10.5. The maximum atomic E-state index is 6.25. The van der Waals surface area contributed by atoms with E-state index >= 15 is 0 Å². The lowest BCUT2D eigenvalue weighted by Crippen LogP contribution is -2.44. The molecule has 1 saturated heterocycles. The van der Waals surface area contributed by atoms with Crippen molar-refractivity contribution in [3.05, 3.63) is 23.8 Å². The van der Waals surface area contributed by atoms with Gasteiger partial charge in [0.1, 0.15) is 5.60 Å². The number of rotatable bonds is 6. The standard InChI is InChI=1S/C22H32N2O3.ClH/c1-3-12-24-13-10-22(11-14-24)16-19(23-27-22)17-8-9-20(25-2)21(15-17)26-18-6-4-5-7-18;/h8-9,15,18H,3-7,10-14,16H2,1-2H3;1H. The summed E-state index contributed by atoms with van der Waals surface area (Å²) >= 11 is 0. The molecule has 6 heteroatoms. The average Bonchev–Trinajstić information content (AvgIpc) is 3.35. The van der Waals surface area contributed by atoms with Crippen molar-refractivity contribution in [2.45, 2.75) is 70.0 Å². The highest BCUT2D eigenvalue weighted by Gasteiger charge is 2.42. The third-order valence-corrected chi connectivity index (χ3v) is 6.24. The van der Waals surface area contributed by atoms with Crippen molar-refractivity contribution < 1.29 is 14.3 Å². The van der Waals surface area contributed by atoms with Crippen LogP contribution in [0.5, 0.6) is 11.5 Å². The van der Waals surface area contributed by atoms with Gasteiger partial charge in [0.15, 0.2) is 11.5 Å². The van der Waals surface area contributed by atoms with Crippen LogP contribution in [0.25, 0.3) is 0 Å². The smallest absolute Gasteiger partial charge is 0.162 e. The zero-order valence-corrected chi connectivity index (χ0v) is 17.9. The Kier molecular flexibility index (Phi) is 7.10. The van der Waals surface area contributed by atoms with Gasteiger partial charge in [-0.05, 0) is 56.8 Å². The van der Waals surface area contributed by atoms with Gasteiger partial charge in [-0.25, -0.2) is 0 Å². The maximum absolute atomic E-state index is 6.25. The second kappa shape index (κ2) is 9.36. The second-order valence-corrected chi connectivity index (χ2v) is 8.22. The van der Waals surface area contributed by atoms with E-state index in [4.69, 9.17) is 14.3 Å². The number of ether oxygens (including phenoxy) is 2. The fourth-order valence-electron chi connectivity index (χ4n) is 4.58. The predicted octanol–water partition coefficient (Wildman–Crippen LogP) is 4.81. The van der Waals surface area contributed by atoms with E-state index < -0.39 is 0 Å². The molecule has 1 aliphatic carbocycles. The molecule has 0 unspecified atom stereocenters. The summed E-state index contributed by atoms with van der Waals surface area (Å²) in [6.07, 6.45) is 9.31. The van der Waals surface area contributed by atoms with Crippen LogP contribution >= 0.6 is 12.4 Å². The molecule has 0 radical (unpaired) electrons. The Labute approximate surface area is 174 Å². The number of nitrogens with zero attached hydrogens (tertiary/aromatic N) is 2. The van der Waals surface area contributed by atoms with E-state index in [2.05, 4.69) is 29.1 Å². The van der Waals surface area contributed by atoms with Crippen LogP contribution in [-0.2, 0) is 4.84 Å². The topological polar surface area (TPSA) is 43.3 Å². The quantitative estimate of drug-likeness (QED) is 0.677. The molecule has 4 rings (SSSR count). The normalized spacial score (nSPS) is 21.9. The van der Waals surface area contributed by atoms with Gasteiger partial charge < -0.3 is 19.2 Å². The Hall–Kier alpha value is -1.46. The minimum Gasteiger partial charge on any atom is -0.493 e. The summed E-state index contributed by atoms with van der Waals surface area (Å²) in [6, 6.07) is 6.16. The van der Waals surface area contributed by atoms with Crippen LogP contribution in [0.2, 0.25) is 0 Å². The molecule has 1 saturated carbocycles. The molecule has 0 aromatic heterocycles. The zero-order valence-electron chi connectivity index (χ0n) is 17.1. The number of likely N-dealkylation sites (tertiary alicyclic amines) is 1. The van der Waals surface area contributed by atoms with Gasteiger partial charge in [0.2, 0.25) is 0 Å². The molecule has 0 N–H and O–H groups in total. The molecule has 1 spiro atoms. The largest absolute Gasteiger partial charge is 0.493 e. The van der Waals surface area contributed by atoms with Crippen molar-refractivity contribution in [1.29, 1.82) is 0 Å². The monoisotopic (exact) mass is 408 g/mol. The summed E-state index contributed by atoms with van der Waals surface area (Å²) in [5, 5.41) is 4.48. The van der Waals surface area contributed by atoms with Crippen LogP contribution in [0.3, 0.4) is 0 Å². The first-order valence-electron chi connectivity index (χ1n) is 10.5. The number of benzene rings is 1. The Morgan fingerprint density at radius 2 is 1.93 bits per heavy atom. The maximum Gasteiger partial charge on any atom is 0.162 e. The number of halogens is 1. The number of hydrogen-bond acceptors (Lipinski definition) is 5. The molecule has 28 heavy (non-hydrogen) atoms. The fraction of sp³-hybridized carbons (Fsp3) is 0.682. The average molecular weight is 409 g/mol. The van der Waals surface area contributed by atoms with E-state index in [0.717, 1.165) is 68.0 Å². The zero-order chi connectivity index (χ0) is 18.7. The third kappa shape index (κ3) is 4.57. The summed E-state index contributed by atoms with van der Waals surface area (Å²) in [4.78, 5) is 8.53. The Morgan fingerprint density at radius 3 is 2.61 bits per heavy atom. The number of methoxy groups -OCH3 is 1. The van der Waals surface area contributed by atoms with Crippen molar-refractivity contribution in [2.75, 3.05) is 26.7 Å². The molecular weight excluding hydrogens is 376 g/mol. The van der Waals surface area contributed by atoms with Crippen molar-refractivity contribution >= 4 is 18.1 Å². The highest BCUT2D eigenvalue weighted by atomic mass is 35.5. The highest BCUT2D eigenvalue weighted by Crippen LogP contribution is 2.38. The van der Waals surface area contributed by atoms with Gasteiger partial charge in [-0.2, -0.15) is 0 Å². The van der Waals surface area contributed by atoms with E-state index in [1.54, 1.807) is 7.11 Å². The van der Waals surface area contributed by atoms with Crippen molar-refractivity contribution in [3.8, 4) is 11.5 Å². The SMILES string of the molecule is CCCN1CCC2(CC1)CC(c1ccc(OC)c(OC3CCCC3)c1)=NO2.Cl. The first kappa shape index (κ1) is 21.3. The van der Waals surface area contributed by atoms with Gasteiger partial charge in [-0.3, -0.25) is 0 Å². The van der Waals surface area contributed by atoms with Crippen LogP contribution in [-0.4, -0.2) is 49.1 Å². The van der Waals surface area contributed by atoms with Crippen molar-refractivity contribution in [2.24, 2.45) is 5.16 Å². The molecule has 1 aromatic carbocycles. The summed E-state index contributed by atoms with van der Waals surface area (Å²) in [7, 11) is 1.70. The third-order valence-electron chi connectivity index (χ3n) is 6.24. The van der Waals surface area contributed by atoms with Crippen LogP contribution in [0.1, 0.15) is 63.9 Å². The Bertz CT molecular complexity index is 680. The number of hydrogen-bond donors (Lipinski definition) is 0. The number of oxime groups is 1. The summed E-state index contributed by atoms with van der Waals surface area (Å²) in [5.41, 5.74) is 2.03. The van der Waals surface area contributed by atoms with Gasteiger partial charge in [-0.15, -0.1) is 12.4 Å². The van der Waals surface area contributed by atoms with Gasteiger partial charge in [-0.1, -0.05) is 12.1 Å². The summed E-state index contributed by atoms with van der Waals surface area (Å²) < 4.78 is 11.8. The molecule has 0 bridgehead atoms. The Balaban J connectivity index is 0.00000225. The second-order valence-electron chi connectivity index (χ2n) is 8.22. The highest BCUT2D eigenvalue weighted by molar-refractivity contribution is 6.02. The lowest BCUT2D eigenvalue weighted by molar-refractivity contribution is -0.0613. The molecule has 3 aliphatic rings. The lowest BCUT2D eigenvalue weighted by atomic mass is 9.85. The van der Waals surface area contributed by atoms with E-state index in [1.807, 2.05) is 6.07 Å². The predicted molar refractivity (Wildman–Crippen MR) is 114 cm³/mol. The van der Waals surface area contributed by atoms with Crippen LogP contribution in [0.15, 0.2) is 23.4 Å². The Morgan fingerprint density at radius 1 is 1.18 bits per heavy atom. The fourth-order valence-corrected chi connectivity index (χ4v) is 4.58. The van der Waals surface area contributed by atoms with Crippen LogP contribution in [0.4, 0.5) is 0 Å². The molecule has 0 atom stereocenters. The first-order chi connectivity index (χ1) is 13.2. The van der Waals surface area contributed by atoms with Gasteiger partial charge >= 0.3 is 0 Å². The molecule has 1 aromatic rings. The lowest BCUT2D eigenvalue weighted by Gasteiger charge is -2.37. The van der Waals surface area contributed by atoms with Gasteiger partial charge in [0.25, 0.3) is 0 Å². The summed E-state index contributed by atoms with van der Waals surface area (Å²) in [6.45, 7) is 5.64. The molecular formula is C22H33ClN2O3. The van der Waals surface area contributed by atoms with E-state index in [0.29, 0.717) is 6.10 Å². The molecule has 156 valence electrons. The van der Waals surface area contributed by atoms with Crippen LogP contribution < -0.4 is 9.47 Å². The molecule has 0 amide bonds. The molecule has 2 fully saturated rings. The van der Waals surface area contributed by atoms with Gasteiger partial charge in [0, 0.05) is 37.9 Å². The molecule has 2 heterocycles.